The van der Waals surface area contributed by atoms with Crippen molar-refractivity contribution in [3.63, 3.8) is 0 Å². The molecule has 0 aromatic heterocycles. The van der Waals surface area contributed by atoms with Crippen LogP contribution in [0.5, 0.6) is 0 Å². The molecular weight excluding hydrogens is 236 g/mol. The lowest BCUT2D eigenvalue weighted by atomic mass is 9.76. The molecule has 19 heavy (non-hydrogen) atoms. The summed E-state index contributed by atoms with van der Waals surface area (Å²) in [6, 6.07) is 1.79. The van der Waals surface area contributed by atoms with Crippen LogP contribution < -0.4 is 5.32 Å². The quantitative estimate of drug-likeness (QED) is 0.770. The molecule has 0 radical (unpaired) electrons. The fourth-order valence-electron chi connectivity index (χ4n) is 3.70. The Balaban J connectivity index is 2.76. The molecule has 0 saturated heterocycles. The van der Waals surface area contributed by atoms with E-state index in [-0.39, 0.29) is 0 Å². The molecule has 1 rings (SSSR count). The van der Waals surface area contributed by atoms with Crippen molar-refractivity contribution < 1.29 is 4.74 Å². The minimum Gasteiger partial charge on any atom is -0.383 e. The van der Waals surface area contributed by atoms with E-state index in [2.05, 4.69) is 45.0 Å². The molecule has 0 amide bonds. The summed E-state index contributed by atoms with van der Waals surface area (Å²) in [7, 11) is 3.92. The van der Waals surface area contributed by atoms with Crippen molar-refractivity contribution in [2.75, 3.05) is 27.3 Å². The van der Waals surface area contributed by atoms with Crippen molar-refractivity contribution in [3.8, 4) is 0 Å². The van der Waals surface area contributed by atoms with Crippen LogP contribution in [-0.4, -0.2) is 50.3 Å². The number of methoxy groups -OCH3 is 1. The zero-order valence-electron chi connectivity index (χ0n) is 13.8. The van der Waals surface area contributed by atoms with Gasteiger partial charge in [-0.25, -0.2) is 0 Å². The normalized spacial score (nSPS) is 30.0. The van der Waals surface area contributed by atoms with Crippen LogP contribution in [-0.2, 0) is 4.74 Å². The Labute approximate surface area is 120 Å². The van der Waals surface area contributed by atoms with Crippen LogP contribution in [0.2, 0.25) is 0 Å². The fraction of sp³-hybridized carbons (Fsp3) is 1.00. The fourth-order valence-corrected chi connectivity index (χ4v) is 3.70. The zero-order valence-corrected chi connectivity index (χ0v) is 13.8. The SMILES string of the molecule is CCN(C(C)COC)C1CC(C(C)C)CCC1NC. The number of hydrogen-bond donors (Lipinski definition) is 1. The van der Waals surface area contributed by atoms with Crippen LogP contribution in [0, 0.1) is 11.8 Å². The summed E-state index contributed by atoms with van der Waals surface area (Å²) < 4.78 is 5.36. The Hall–Kier alpha value is -0.120. The molecule has 1 aliphatic carbocycles. The number of nitrogens with one attached hydrogen (secondary N) is 1. The Morgan fingerprint density at radius 3 is 2.42 bits per heavy atom. The largest absolute Gasteiger partial charge is 0.383 e. The predicted molar refractivity (Wildman–Crippen MR) is 82.5 cm³/mol. The van der Waals surface area contributed by atoms with E-state index in [9.17, 15) is 0 Å². The van der Waals surface area contributed by atoms with Crippen molar-refractivity contribution in [1.82, 2.24) is 10.2 Å². The molecule has 1 fully saturated rings. The number of nitrogens with zero attached hydrogens (tertiary/aromatic N) is 1. The van der Waals surface area contributed by atoms with E-state index < -0.39 is 0 Å². The first-order valence-corrected chi connectivity index (χ1v) is 7.97. The predicted octanol–water partition coefficient (Wildman–Crippen LogP) is 2.76. The van der Waals surface area contributed by atoms with Crippen LogP contribution in [0.15, 0.2) is 0 Å². The van der Waals surface area contributed by atoms with Crippen molar-refractivity contribution >= 4 is 0 Å². The Morgan fingerprint density at radius 1 is 1.26 bits per heavy atom. The van der Waals surface area contributed by atoms with Gasteiger partial charge in [-0.15, -0.1) is 0 Å². The van der Waals surface area contributed by atoms with Gasteiger partial charge in [0.05, 0.1) is 6.61 Å². The maximum absolute atomic E-state index is 5.36. The van der Waals surface area contributed by atoms with Gasteiger partial charge in [-0.1, -0.05) is 20.8 Å². The van der Waals surface area contributed by atoms with Gasteiger partial charge in [-0.05, 0) is 51.6 Å². The first-order valence-electron chi connectivity index (χ1n) is 7.97. The summed E-state index contributed by atoms with van der Waals surface area (Å²) in [6.45, 7) is 11.2. The molecule has 114 valence electrons. The van der Waals surface area contributed by atoms with Gasteiger partial charge < -0.3 is 10.1 Å². The number of rotatable bonds is 7. The van der Waals surface area contributed by atoms with Gasteiger partial charge in [-0.3, -0.25) is 4.90 Å². The van der Waals surface area contributed by atoms with E-state index in [1.54, 1.807) is 7.11 Å². The first kappa shape index (κ1) is 16.9. The standard InChI is InChI=1S/C16H34N2O/c1-7-18(13(4)11-19-6)16-10-14(12(2)3)8-9-15(16)17-5/h12-17H,7-11H2,1-6H3. The smallest absolute Gasteiger partial charge is 0.0615 e. The maximum atomic E-state index is 5.36. The van der Waals surface area contributed by atoms with Crippen LogP contribution >= 0.6 is 0 Å². The van der Waals surface area contributed by atoms with E-state index in [4.69, 9.17) is 4.74 Å². The minimum atomic E-state index is 0.502. The van der Waals surface area contributed by atoms with E-state index in [1.165, 1.54) is 19.3 Å². The van der Waals surface area contributed by atoms with E-state index in [1.807, 2.05) is 0 Å². The van der Waals surface area contributed by atoms with Crippen LogP contribution in [0.3, 0.4) is 0 Å². The van der Waals surface area contributed by atoms with Gasteiger partial charge in [0.1, 0.15) is 0 Å². The third kappa shape index (κ3) is 4.44. The summed E-state index contributed by atoms with van der Waals surface area (Å²) in [5.41, 5.74) is 0. The Morgan fingerprint density at radius 2 is 1.95 bits per heavy atom. The summed E-state index contributed by atoms with van der Waals surface area (Å²) in [6.07, 6.45) is 4.00. The topological polar surface area (TPSA) is 24.5 Å². The second-order valence-electron chi connectivity index (χ2n) is 6.41. The molecule has 4 unspecified atom stereocenters. The monoisotopic (exact) mass is 270 g/mol. The average Bonchev–Trinajstić information content (AvgIpc) is 2.39. The molecule has 1 aliphatic rings. The number of likely N-dealkylation sites (N-methyl/N-ethyl adjacent to an activating group) is 2. The third-order valence-corrected chi connectivity index (χ3v) is 4.94. The molecule has 0 aromatic carbocycles. The molecular formula is C16H34N2O. The lowest BCUT2D eigenvalue weighted by Crippen LogP contribution is -2.56. The first-order chi connectivity index (χ1) is 9.04. The Kier molecular flexibility index (Phi) is 7.33. The van der Waals surface area contributed by atoms with Gasteiger partial charge in [-0.2, -0.15) is 0 Å². The summed E-state index contributed by atoms with van der Waals surface area (Å²) in [5.74, 6) is 1.68. The van der Waals surface area contributed by atoms with E-state index in [0.29, 0.717) is 18.1 Å². The molecule has 4 atom stereocenters. The van der Waals surface area contributed by atoms with Crippen LogP contribution in [0.25, 0.3) is 0 Å². The molecule has 1 saturated carbocycles. The van der Waals surface area contributed by atoms with Crippen molar-refractivity contribution in [1.29, 1.82) is 0 Å². The van der Waals surface area contributed by atoms with Crippen molar-refractivity contribution in [3.05, 3.63) is 0 Å². The second-order valence-corrected chi connectivity index (χ2v) is 6.41. The van der Waals surface area contributed by atoms with Gasteiger partial charge in [0.2, 0.25) is 0 Å². The zero-order chi connectivity index (χ0) is 14.4. The molecule has 0 aromatic rings. The highest BCUT2D eigenvalue weighted by atomic mass is 16.5. The van der Waals surface area contributed by atoms with Crippen molar-refractivity contribution in [2.24, 2.45) is 11.8 Å². The summed E-state index contributed by atoms with van der Waals surface area (Å²) in [5, 5.41) is 3.54. The Bertz CT molecular complexity index is 245. The van der Waals surface area contributed by atoms with Crippen LogP contribution in [0.4, 0.5) is 0 Å². The lowest BCUT2D eigenvalue weighted by Gasteiger charge is -2.45. The highest BCUT2D eigenvalue weighted by Crippen LogP contribution is 2.33. The highest BCUT2D eigenvalue weighted by molar-refractivity contribution is 4.92. The molecule has 3 heteroatoms. The van der Waals surface area contributed by atoms with Gasteiger partial charge in [0, 0.05) is 25.2 Å². The van der Waals surface area contributed by atoms with E-state index >= 15 is 0 Å². The highest BCUT2D eigenvalue weighted by Gasteiger charge is 2.35. The number of ether oxygens (including phenoxy) is 1. The summed E-state index contributed by atoms with van der Waals surface area (Å²) >= 11 is 0. The molecule has 0 bridgehead atoms. The minimum absolute atomic E-state index is 0.502. The van der Waals surface area contributed by atoms with Gasteiger partial charge >= 0.3 is 0 Å². The van der Waals surface area contributed by atoms with Gasteiger partial charge in [0.15, 0.2) is 0 Å². The van der Waals surface area contributed by atoms with Gasteiger partial charge in [0.25, 0.3) is 0 Å². The maximum Gasteiger partial charge on any atom is 0.0615 e. The molecule has 1 N–H and O–H groups in total. The third-order valence-electron chi connectivity index (χ3n) is 4.94. The number of hydrogen-bond acceptors (Lipinski definition) is 3. The lowest BCUT2D eigenvalue weighted by molar-refractivity contribution is 0.0284. The van der Waals surface area contributed by atoms with Crippen LogP contribution in [0.1, 0.15) is 47.0 Å². The molecule has 3 nitrogen and oxygen atoms in total. The average molecular weight is 270 g/mol. The van der Waals surface area contributed by atoms with Crippen molar-refractivity contribution in [2.45, 2.75) is 65.1 Å². The molecule has 0 spiro atoms. The second kappa shape index (κ2) is 8.23. The summed E-state index contributed by atoms with van der Waals surface area (Å²) in [4.78, 5) is 2.64. The van der Waals surface area contributed by atoms with E-state index in [0.717, 1.165) is 25.0 Å². The molecule has 0 aliphatic heterocycles. The molecule has 0 heterocycles.